The summed E-state index contributed by atoms with van der Waals surface area (Å²) in [6.45, 7) is 2.25. The van der Waals surface area contributed by atoms with Gasteiger partial charge >= 0.3 is 0 Å². The highest BCUT2D eigenvalue weighted by Crippen LogP contribution is 2.40. The molecule has 1 saturated heterocycles. The Bertz CT molecular complexity index is 939. The van der Waals surface area contributed by atoms with Gasteiger partial charge in [0.25, 0.3) is 5.91 Å². The smallest absolute Gasteiger partial charge is 0.267 e. The number of hydrogen-bond acceptors (Lipinski definition) is 4. The van der Waals surface area contributed by atoms with Crippen LogP contribution in [0.25, 0.3) is 6.08 Å². The summed E-state index contributed by atoms with van der Waals surface area (Å²) in [4.78, 5) is 21.0. The quantitative estimate of drug-likeness (QED) is 0.596. The average Bonchev–Trinajstić information content (AvgIpc) is 3.04. The second-order valence-electron chi connectivity index (χ2n) is 7.59. The van der Waals surface area contributed by atoms with Crippen molar-refractivity contribution >= 4 is 34.6 Å². The Kier molecular flexibility index (Phi) is 6.05. The second-order valence-corrected chi connectivity index (χ2v) is 8.60. The van der Waals surface area contributed by atoms with E-state index in [9.17, 15) is 4.79 Å². The van der Waals surface area contributed by atoms with E-state index >= 15 is 0 Å². The van der Waals surface area contributed by atoms with Crippen molar-refractivity contribution in [1.29, 1.82) is 0 Å². The highest BCUT2D eigenvalue weighted by molar-refractivity contribution is 8.18. The highest BCUT2D eigenvalue weighted by Gasteiger charge is 2.41. The molecular weight excluding hydrogens is 380 g/mol. The Labute approximate surface area is 176 Å². The lowest BCUT2D eigenvalue weighted by Gasteiger charge is -2.35. The summed E-state index contributed by atoms with van der Waals surface area (Å²) in [5, 5.41) is 0.779. The number of rotatable bonds is 4. The van der Waals surface area contributed by atoms with Gasteiger partial charge in [0.15, 0.2) is 5.17 Å². The van der Waals surface area contributed by atoms with Gasteiger partial charge in [0.2, 0.25) is 0 Å². The van der Waals surface area contributed by atoms with Crippen LogP contribution in [0.1, 0.15) is 38.2 Å². The van der Waals surface area contributed by atoms with Crippen molar-refractivity contribution in [2.45, 2.75) is 38.6 Å². The lowest BCUT2D eigenvalue weighted by molar-refractivity contribution is -0.124. The van der Waals surface area contributed by atoms with E-state index in [0.717, 1.165) is 41.4 Å². The number of nitrogens with zero attached hydrogens (tertiary/aromatic N) is 2. The van der Waals surface area contributed by atoms with Crippen LogP contribution in [0.3, 0.4) is 0 Å². The number of aliphatic imine (C=N–C) groups is 1. The SMILES string of the molecule is COc1ccccc1/C=C1\SC(=Nc2ccccc2)N([C@H]2CCCC[C@H]2C)C1=O. The standard InChI is InChI=1S/C24H26N2O2S/c1-17-10-6-8-14-20(17)26-23(27)22(16-18-11-7-9-15-21(18)28-2)29-24(26)25-19-12-4-3-5-13-19/h3-5,7,9,11-13,15-17,20H,6,8,10,14H2,1-2H3/b22-16-,25-24?/t17-,20+/m1/s1. The summed E-state index contributed by atoms with van der Waals surface area (Å²) >= 11 is 1.46. The second kappa shape index (κ2) is 8.87. The molecule has 29 heavy (non-hydrogen) atoms. The lowest BCUT2D eigenvalue weighted by Crippen LogP contribution is -2.44. The molecule has 0 unspecified atom stereocenters. The molecule has 0 bridgehead atoms. The van der Waals surface area contributed by atoms with Gasteiger partial charge in [-0.15, -0.1) is 0 Å². The van der Waals surface area contributed by atoms with E-state index in [2.05, 4.69) is 6.92 Å². The molecule has 4 nitrogen and oxygen atoms in total. The molecule has 2 fully saturated rings. The largest absolute Gasteiger partial charge is 0.496 e. The highest BCUT2D eigenvalue weighted by atomic mass is 32.2. The summed E-state index contributed by atoms with van der Waals surface area (Å²) < 4.78 is 5.46. The first-order valence-corrected chi connectivity index (χ1v) is 11.0. The molecule has 1 saturated carbocycles. The van der Waals surface area contributed by atoms with Crippen LogP contribution in [0, 0.1) is 5.92 Å². The third-order valence-electron chi connectivity index (χ3n) is 5.64. The minimum Gasteiger partial charge on any atom is -0.496 e. The van der Waals surface area contributed by atoms with Gasteiger partial charge in [-0.2, -0.15) is 0 Å². The predicted molar refractivity (Wildman–Crippen MR) is 120 cm³/mol. The number of amides is 1. The molecule has 1 amide bonds. The van der Waals surface area contributed by atoms with Gasteiger partial charge in [-0.3, -0.25) is 9.69 Å². The zero-order valence-electron chi connectivity index (χ0n) is 16.9. The van der Waals surface area contributed by atoms with Gasteiger partial charge < -0.3 is 4.74 Å². The molecule has 0 aromatic heterocycles. The number of carbonyl (C=O) groups is 1. The molecular formula is C24H26N2O2S. The minimum atomic E-state index is 0.0503. The molecule has 0 N–H and O–H groups in total. The average molecular weight is 407 g/mol. The van der Waals surface area contributed by atoms with E-state index in [4.69, 9.17) is 9.73 Å². The van der Waals surface area contributed by atoms with Crippen LogP contribution in [0.4, 0.5) is 5.69 Å². The molecule has 1 aliphatic heterocycles. The summed E-state index contributed by atoms with van der Waals surface area (Å²) in [5.41, 5.74) is 1.78. The number of thioether (sulfide) groups is 1. The van der Waals surface area contributed by atoms with Crippen molar-refractivity contribution in [3.8, 4) is 5.75 Å². The fraction of sp³-hybridized carbons (Fsp3) is 0.333. The molecule has 0 radical (unpaired) electrons. The van der Waals surface area contributed by atoms with E-state index in [1.165, 1.54) is 18.2 Å². The minimum absolute atomic E-state index is 0.0503. The number of benzene rings is 2. The molecule has 4 rings (SSSR count). The molecule has 2 aromatic carbocycles. The van der Waals surface area contributed by atoms with E-state index in [-0.39, 0.29) is 11.9 Å². The number of carbonyl (C=O) groups excluding carboxylic acids is 1. The van der Waals surface area contributed by atoms with Crippen LogP contribution in [-0.4, -0.2) is 29.1 Å². The third kappa shape index (κ3) is 4.25. The Balaban J connectivity index is 1.73. The number of amidine groups is 1. The topological polar surface area (TPSA) is 41.9 Å². The maximum Gasteiger partial charge on any atom is 0.267 e. The third-order valence-corrected chi connectivity index (χ3v) is 6.62. The van der Waals surface area contributed by atoms with Crippen molar-refractivity contribution in [2.75, 3.05) is 7.11 Å². The number of para-hydroxylation sites is 2. The van der Waals surface area contributed by atoms with Crippen molar-refractivity contribution in [1.82, 2.24) is 4.90 Å². The molecule has 5 heteroatoms. The van der Waals surface area contributed by atoms with E-state index in [0.29, 0.717) is 10.8 Å². The molecule has 1 aliphatic carbocycles. The molecule has 1 heterocycles. The van der Waals surface area contributed by atoms with Crippen LogP contribution in [-0.2, 0) is 4.79 Å². The van der Waals surface area contributed by atoms with E-state index in [1.54, 1.807) is 7.11 Å². The van der Waals surface area contributed by atoms with E-state index in [1.807, 2.05) is 65.6 Å². The van der Waals surface area contributed by atoms with Crippen molar-refractivity contribution in [3.63, 3.8) is 0 Å². The molecule has 2 aliphatic rings. The first-order valence-electron chi connectivity index (χ1n) is 10.2. The summed E-state index contributed by atoms with van der Waals surface area (Å²) in [6, 6.07) is 17.8. The molecule has 2 aromatic rings. The summed E-state index contributed by atoms with van der Waals surface area (Å²) in [6.07, 6.45) is 6.52. The van der Waals surface area contributed by atoms with Crippen LogP contribution < -0.4 is 4.74 Å². The van der Waals surface area contributed by atoms with E-state index < -0.39 is 0 Å². The van der Waals surface area contributed by atoms with Crippen molar-refractivity contribution < 1.29 is 9.53 Å². The Morgan fingerprint density at radius 3 is 2.55 bits per heavy atom. The Morgan fingerprint density at radius 1 is 1.07 bits per heavy atom. The fourth-order valence-electron chi connectivity index (χ4n) is 4.08. The maximum atomic E-state index is 13.5. The first kappa shape index (κ1) is 19.8. The Hall–Kier alpha value is -2.53. The normalized spacial score (nSPS) is 25.0. The number of methoxy groups -OCH3 is 1. The van der Waals surface area contributed by atoms with Crippen molar-refractivity contribution in [3.05, 3.63) is 65.1 Å². The van der Waals surface area contributed by atoms with Gasteiger partial charge in [0.05, 0.1) is 17.7 Å². The predicted octanol–water partition coefficient (Wildman–Crippen LogP) is 5.88. The fourth-order valence-corrected chi connectivity index (χ4v) is 5.11. The molecule has 2 atom stereocenters. The summed E-state index contributed by atoms with van der Waals surface area (Å²) in [5.74, 6) is 1.29. The lowest BCUT2D eigenvalue weighted by atomic mass is 9.85. The zero-order valence-corrected chi connectivity index (χ0v) is 17.7. The van der Waals surface area contributed by atoms with Crippen LogP contribution >= 0.6 is 11.8 Å². The van der Waals surface area contributed by atoms with Gasteiger partial charge in [0, 0.05) is 11.6 Å². The van der Waals surface area contributed by atoms with Gasteiger partial charge in [-0.1, -0.05) is 56.2 Å². The van der Waals surface area contributed by atoms with Gasteiger partial charge in [0.1, 0.15) is 5.75 Å². The van der Waals surface area contributed by atoms with Crippen LogP contribution in [0.15, 0.2) is 64.5 Å². The van der Waals surface area contributed by atoms with Crippen LogP contribution in [0.5, 0.6) is 5.75 Å². The number of hydrogen-bond donors (Lipinski definition) is 0. The zero-order chi connectivity index (χ0) is 20.2. The first-order chi connectivity index (χ1) is 14.2. The molecule has 150 valence electrons. The number of ether oxygens (including phenoxy) is 1. The van der Waals surface area contributed by atoms with Crippen molar-refractivity contribution in [2.24, 2.45) is 10.9 Å². The summed E-state index contributed by atoms with van der Waals surface area (Å²) in [7, 11) is 1.65. The van der Waals surface area contributed by atoms with Crippen LogP contribution in [0.2, 0.25) is 0 Å². The van der Waals surface area contributed by atoms with Gasteiger partial charge in [-0.25, -0.2) is 4.99 Å². The maximum absolute atomic E-state index is 13.5. The Morgan fingerprint density at radius 2 is 1.79 bits per heavy atom. The van der Waals surface area contributed by atoms with Gasteiger partial charge in [-0.05, 0) is 54.8 Å². The monoisotopic (exact) mass is 406 g/mol. The molecule has 0 spiro atoms.